The van der Waals surface area contributed by atoms with E-state index in [2.05, 4.69) is 10.3 Å². The molecule has 0 aliphatic rings. The maximum atomic E-state index is 12.1. The van der Waals surface area contributed by atoms with Gasteiger partial charge in [-0.2, -0.15) is 0 Å². The van der Waals surface area contributed by atoms with E-state index in [1.54, 1.807) is 12.3 Å². The Morgan fingerprint density at radius 1 is 1.17 bits per heavy atom. The first-order chi connectivity index (χ1) is 11.1. The van der Waals surface area contributed by atoms with Gasteiger partial charge in [0.05, 0.1) is 5.75 Å². The SMILES string of the molecule is Cc1ccc(NC(=O)CSc2cccc3cccc(Cl)c23)nc1. The molecule has 0 saturated carbocycles. The smallest absolute Gasteiger partial charge is 0.235 e. The van der Waals surface area contributed by atoms with Gasteiger partial charge in [-0.15, -0.1) is 11.8 Å². The minimum absolute atomic E-state index is 0.0876. The molecular formula is C18H15ClN2OS. The van der Waals surface area contributed by atoms with Crippen LogP contribution in [-0.4, -0.2) is 16.6 Å². The Balaban J connectivity index is 1.71. The zero-order valence-electron chi connectivity index (χ0n) is 12.5. The molecule has 116 valence electrons. The Bertz CT molecular complexity index is 844. The Kier molecular flexibility index (Phi) is 4.84. The average Bonchev–Trinajstić information content (AvgIpc) is 2.55. The van der Waals surface area contributed by atoms with Crippen molar-refractivity contribution in [2.75, 3.05) is 11.1 Å². The van der Waals surface area contributed by atoms with Gasteiger partial charge in [-0.25, -0.2) is 4.98 Å². The molecule has 0 bridgehead atoms. The summed E-state index contributed by atoms with van der Waals surface area (Å²) in [7, 11) is 0. The summed E-state index contributed by atoms with van der Waals surface area (Å²) in [6, 6.07) is 15.5. The highest BCUT2D eigenvalue weighted by atomic mass is 35.5. The van der Waals surface area contributed by atoms with Crippen molar-refractivity contribution in [3.05, 3.63) is 65.3 Å². The van der Waals surface area contributed by atoms with Crippen molar-refractivity contribution >= 4 is 45.9 Å². The van der Waals surface area contributed by atoms with E-state index in [9.17, 15) is 4.79 Å². The number of amides is 1. The van der Waals surface area contributed by atoms with Crippen LogP contribution in [0.1, 0.15) is 5.56 Å². The van der Waals surface area contributed by atoms with Gasteiger partial charge in [0.15, 0.2) is 0 Å². The maximum Gasteiger partial charge on any atom is 0.235 e. The van der Waals surface area contributed by atoms with Crippen LogP contribution in [0.3, 0.4) is 0 Å². The second-order valence-corrected chi connectivity index (χ2v) is 6.58. The van der Waals surface area contributed by atoms with E-state index in [1.807, 2.05) is 49.4 Å². The van der Waals surface area contributed by atoms with Crippen LogP contribution in [0.5, 0.6) is 0 Å². The molecule has 0 radical (unpaired) electrons. The maximum absolute atomic E-state index is 12.1. The van der Waals surface area contributed by atoms with Gasteiger partial charge >= 0.3 is 0 Å². The molecule has 3 aromatic rings. The van der Waals surface area contributed by atoms with Crippen molar-refractivity contribution in [1.29, 1.82) is 0 Å². The van der Waals surface area contributed by atoms with Crippen molar-refractivity contribution in [3.63, 3.8) is 0 Å². The number of hydrogen-bond donors (Lipinski definition) is 1. The summed E-state index contributed by atoms with van der Waals surface area (Å²) in [5.74, 6) is 0.785. The van der Waals surface area contributed by atoms with E-state index in [0.717, 1.165) is 21.2 Å². The van der Waals surface area contributed by atoms with Crippen LogP contribution >= 0.6 is 23.4 Å². The lowest BCUT2D eigenvalue weighted by molar-refractivity contribution is -0.113. The highest BCUT2D eigenvalue weighted by Gasteiger charge is 2.09. The van der Waals surface area contributed by atoms with Crippen LogP contribution in [-0.2, 0) is 4.79 Å². The molecule has 0 saturated heterocycles. The third-order valence-corrected chi connectivity index (χ3v) is 4.73. The molecule has 23 heavy (non-hydrogen) atoms. The number of nitrogens with zero attached hydrogens (tertiary/aromatic N) is 1. The molecule has 0 unspecified atom stereocenters. The average molecular weight is 343 g/mol. The number of nitrogens with one attached hydrogen (secondary N) is 1. The monoisotopic (exact) mass is 342 g/mol. The van der Waals surface area contributed by atoms with Gasteiger partial charge in [-0.1, -0.05) is 41.9 Å². The number of thioether (sulfide) groups is 1. The van der Waals surface area contributed by atoms with Gasteiger partial charge in [0.1, 0.15) is 5.82 Å². The number of aryl methyl sites for hydroxylation is 1. The van der Waals surface area contributed by atoms with Crippen LogP contribution in [0, 0.1) is 6.92 Å². The van der Waals surface area contributed by atoms with E-state index in [1.165, 1.54) is 11.8 Å². The minimum Gasteiger partial charge on any atom is -0.310 e. The third kappa shape index (κ3) is 3.84. The van der Waals surface area contributed by atoms with Crippen LogP contribution in [0.15, 0.2) is 59.6 Å². The second kappa shape index (κ2) is 7.02. The number of rotatable bonds is 4. The Labute approximate surface area is 144 Å². The Hall–Kier alpha value is -2.04. The second-order valence-electron chi connectivity index (χ2n) is 5.15. The van der Waals surface area contributed by atoms with Gasteiger partial charge in [0, 0.05) is 21.5 Å². The summed E-state index contributed by atoms with van der Waals surface area (Å²) in [4.78, 5) is 17.3. The van der Waals surface area contributed by atoms with Gasteiger partial charge in [0.2, 0.25) is 5.91 Å². The number of pyridine rings is 1. The first-order valence-electron chi connectivity index (χ1n) is 7.16. The standard InChI is InChI=1S/C18H15ClN2OS/c1-12-8-9-16(20-10-12)21-17(22)11-23-15-7-3-5-13-4-2-6-14(19)18(13)15/h2-10H,11H2,1H3,(H,20,21,22). The number of fused-ring (bicyclic) bond motifs is 1. The lowest BCUT2D eigenvalue weighted by atomic mass is 10.1. The fourth-order valence-corrected chi connectivity index (χ4v) is 3.49. The molecule has 1 heterocycles. The van der Waals surface area contributed by atoms with Gasteiger partial charge in [-0.3, -0.25) is 4.79 Å². The highest BCUT2D eigenvalue weighted by molar-refractivity contribution is 8.00. The number of carbonyl (C=O) groups excluding carboxylic acids is 1. The molecule has 1 aromatic heterocycles. The Morgan fingerprint density at radius 3 is 2.70 bits per heavy atom. The van der Waals surface area contributed by atoms with Crippen LogP contribution in [0.4, 0.5) is 5.82 Å². The topological polar surface area (TPSA) is 42.0 Å². The van der Waals surface area contributed by atoms with Crippen molar-refractivity contribution in [2.45, 2.75) is 11.8 Å². The van der Waals surface area contributed by atoms with E-state index in [-0.39, 0.29) is 5.91 Å². The first kappa shape index (κ1) is 15.8. The van der Waals surface area contributed by atoms with E-state index >= 15 is 0 Å². The quantitative estimate of drug-likeness (QED) is 0.684. The lowest BCUT2D eigenvalue weighted by Crippen LogP contribution is -2.14. The number of anilines is 1. The van der Waals surface area contributed by atoms with E-state index < -0.39 is 0 Å². The summed E-state index contributed by atoms with van der Waals surface area (Å²) in [5, 5.41) is 5.56. The number of carbonyl (C=O) groups is 1. The molecule has 2 aromatic carbocycles. The molecule has 5 heteroatoms. The van der Waals surface area contributed by atoms with Gasteiger partial charge in [0.25, 0.3) is 0 Å². The number of halogens is 1. The van der Waals surface area contributed by atoms with Crippen LogP contribution < -0.4 is 5.32 Å². The molecule has 0 fully saturated rings. The van der Waals surface area contributed by atoms with Crippen LogP contribution in [0.25, 0.3) is 10.8 Å². The molecule has 3 rings (SSSR count). The van der Waals surface area contributed by atoms with Crippen molar-refractivity contribution in [1.82, 2.24) is 4.98 Å². The summed E-state index contributed by atoms with van der Waals surface area (Å²) in [5.41, 5.74) is 1.06. The fraction of sp³-hybridized carbons (Fsp3) is 0.111. The zero-order chi connectivity index (χ0) is 16.2. The number of aromatic nitrogens is 1. The number of hydrogen-bond acceptors (Lipinski definition) is 3. The predicted molar refractivity (Wildman–Crippen MR) is 97.3 cm³/mol. The first-order valence-corrected chi connectivity index (χ1v) is 8.52. The molecule has 0 aliphatic heterocycles. The molecule has 0 aliphatic carbocycles. The molecule has 3 nitrogen and oxygen atoms in total. The molecule has 1 amide bonds. The Morgan fingerprint density at radius 2 is 1.96 bits per heavy atom. The molecule has 1 N–H and O–H groups in total. The minimum atomic E-state index is -0.0876. The summed E-state index contributed by atoms with van der Waals surface area (Å²) >= 11 is 7.77. The lowest BCUT2D eigenvalue weighted by Gasteiger charge is -2.08. The third-order valence-electron chi connectivity index (χ3n) is 3.35. The summed E-state index contributed by atoms with van der Waals surface area (Å²) in [6.07, 6.45) is 1.73. The predicted octanol–water partition coefficient (Wildman–Crippen LogP) is 4.93. The van der Waals surface area contributed by atoms with E-state index in [4.69, 9.17) is 11.6 Å². The van der Waals surface area contributed by atoms with E-state index in [0.29, 0.717) is 16.6 Å². The van der Waals surface area contributed by atoms with Crippen LogP contribution in [0.2, 0.25) is 5.02 Å². The summed E-state index contributed by atoms with van der Waals surface area (Å²) in [6.45, 7) is 1.96. The van der Waals surface area contributed by atoms with Crippen molar-refractivity contribution in [3.8, 4) is 0 Å². The van der Waals surface area contributed by atoms with Crippen molar-refractivity contribution in [2.24, 2.45) is 0 Å². The normalized spacial score (nSPS) is 10.7. The molecule has 0 atom stereocenters. The highest BCUT2D eigenvalue weighted by Crippen LogP contribution is 2.33. The van der Waals surface area contributed by atoms with Crippen molar-refractivity contribution < 1.29 is 4.79 Å². The summed E-state index contributed by atoms with van der Waals surface area (Å²) < 4.78 is 0. The largest absolute Gasteiger partial charge is 0.310 e. The zero-order valence-corrected chi connectivity index (χ0v) is 14.1. The van der Waals surface area contributed by atoms with Gasteiger partial charge in [-0.05, 0) is 36.1 Å². The molecule has 0 spiro atoms. The number of benzene rings is 2. The van der Waals surface area contributed by atoms with Gasteiger partial charge < -0.3 is 5.32 Å². The molecular weight excluding hydrogens is 328 g/mol. The fourth-order valence-electron chi connectivity index (χ4n) is 2.25.